The van der Waals surface area contributed by atoms with Gasteiger partial charge in [0.05, 0.1) is 0 Å². The summed E-state index contributed by atoms with van der Waals surface area (Å²) in [5, 5.41) is 5.22. The monoisotopic (exact) mass is 264 g/mol. The van der Waals surface area contributed by atoms with Crippen molar-refractivity contribution in [2.24, 2.45) is 5.92 Å². The summed E-state index contributed by atoms with van der Waals surface area (Å²) in [6.45, 7) is 2.78. The van der Waals surface area contributed by atoms with E-state index in [2.05, 4.69) is 5.32 Å². The lowest BCUT2D eigenvalue weighted by molar-refractivity contribution is -0.127. The Labute approximate surface area is 112 Å². The third-order valence-electron chi connectivity index (χ3n) is 3.26. The number of amides is 1. The summed E-state index contributed by atoms with van der Waals surface area (Å²) in [4.78, 5) is 15.2. The quantitative estimate of drug-likeness (QED) is 0.846. The fourth-order valence-corrected chi connectivity index (χ4v) is 2.98. The predicted octanol–water partition coefficient (Wildman–Crippen LogP) is 2.22. The number of likely N-dealkylation sites (tertiary alicyclic amines) is 1. The second kappa shape index (κ2) is 6.71. The Balaban J connectivity index is 1.88. The molecule has 2 rings (SSSR count). The largest absolute Gasteiger partial charge is 0.339 e. The van der Waals surface area contributed by atoms with E-state index in [4.69, 9.17) is 0 Å². The molecule has 18 heavy (non-hydrogen) atoms. The molecule has 1 amide bonds. The van der Waals surface area contributed by atoms with Gasteiger partial charge in [0, 0.05) is 24.0 Å². The minimum Gasteiger partial charge on any atom is -0.339 e. The van der Waals surface area contributed by atoms with Gasteiger partial charge in [-0.2, -0.15) is 0 Å². The molecule has 0 aromatic carbocycles. The number of rotatable bonds is 4. The van der Waals surface area contributed by atoms with Gasteiger partial charge in [-0.25, -0.2) is 0 Å². The third-order valence-corrected chi connectivity index (χ3v) is 4.09. The van der Waals surface area contributed by atoms with Crippen LogP contribution in [0.15, 0.2) is 23.6 Å². The standard InChI is InChI=1S/C14H20N2OS/c1-15-10-12-4-2-8-16(11-12)14(17)7-6-13-5-3-9-18-13/h3,5-7,9,12,15H,2,4,8,10-11H2,1H3/b7-6+. The zero-order valence-corrected chi connectivity index (χ0v) is 11.6. The van der Waals surface area contributed by atoms with Gasteiger partial charge < -0.3 is 10.2 Å². The van der Waals surface area contributed by atoms with Crippen LogP contribution in [0, 0.1) is 5.92 Å². The molecule has 0 aliphatic carbocycles. The molecule has 0 spiro atoms. The minimum atomic E-state index is 0.143. The lowest BCUT2D eigenvalue weighted by Gasteiger charge is -2.32. The molecule has 0 saturated carbocycles. The molecule has 1 aliphatic heterocycles. The number of carbonyl (C=O) groups excluding carboxylic acids is 1. The first-order valence-electron chi connectivity index (χ1n) is 6.44. The molecule has 98 valence electrons. The first kappa shape index (κ1) is 13.3. The lowest BCUT2D eigenvalue weighted by atomic mass is 9.98. The maximum absolute atomic E-state index is 12.1. The average Bonchev–Trinajstić information content (AvgIpc) is 2.90. The van der Waals surface area contributed by atoms with Crippen LogP contribution in [0.3, 0.4) is 0 Å². The summed E-state index contributed by atoms with van der Waals surface area (Å²) in [5.41, 5.74) is 0. The number of nitrogens with zero attached hydrogens (tertiary/aromatic N) is 1. The smallest absolute Gasteiger partial charge is 0.246 e. The van der Waals surface area contributed by atoms with Crippen LogP contribution in [-0.2, 0) is 4.79 Å². The van der Waals surface area contributed by atoms with E-state index in [1.165, 1.54) is 6.42 Å². The van der Waals surface area contributed by atoms with Crippen molar-refractivity contribution >= 4 is 23.3 Å². The molecule has 2 heterocycles. The van der Waals surface area contributed by atoms with Gasteiger partial charge in [-0.05, 0) is 49.9 Å². The van der Waals surface area contributed by atoms with E-state index >= 15 is 0 Å². The van der Waals surface area contributed by atoms with E-state index in [1.54, 1.807) is 17.4 Å². The Morgan fingerprint density at radius 2 is 2.56 bits per heavy atom. The molecule has 1 atom stereocenters. The SMILES string of the molecule is CNCC1CCCN(C(=O)/C=C/c2cccs2)C1. The van der Waals surface area contributed by atoms with E-state index in [-0.39, 0.29) is 5.91 Å². The first-order chi connectivity index (χ1) is 8.79. The molecule has 1 aliphatic rings. The topological polar surface area (TPSA) is 32.3 Å². The van der Waals surface area contributed by atoms with Crippen molar-refractivity contribution in [3.8, 4) is 0 Å². The Morgan fingerprint density at radius 3 is 3.28 bits per heavy atom. The van der Waals surface area contributed by atoms with Crippen molar-refractivity contribution in [3.05, 3.63) is 28.5 Å². The van der Waals surface area contributed by atoms with E-state index < -0.39 is 0 Å². The Hall–Kier alpha value is -1.13. The zero-order chi connectivity index (χ0) is 12.8. The van der Waals surface area contributed by atoms with E-state index in [1.807, 2.05) is 35.5 Å². The summed E-state index contributed by atoms with van der Waals surface area (Å²) in [6, 6.07) is 4.02. The summed E-state index contributed by atoms with van der Waals surface area (Å²) in [6.07, 6.45) is 5.95. The molecular formula is C14H20N2OS. The van der Waals surface area contributed by atoms with Crippen LogP contribution in [0.5, 0.6) is 0 Å². The van der Waals surface area contributed by atoms with Crippen LogP contribution in [0.25, 0.3) is 6.08 Å². The molecule has 1 aromatic heterocycles. The molecule has 1 saturated heterocycles. The van der Waals surface area contributed by atoms with Crippen molar-refractivity contribution in [2.75, 3.05) is 26.7 Å². The van der Waals surface area contributed by atoms with Crippen LogP contribution in [0.4, 0.5) is 0 Å². The highest BCUT2D eigenvalue weighted by molar-refractivity contribution is 7.10. The Bertz CT molecular complexity index is 398. The summed E-state index contributed by atoms with van der Waals surface area (Å²) in [5.74, 6) is 0.743. The van der Waals surface area contributed by atoms with Gasteiger partial charge in [-0.15, -0.1) is 11.3 Å². The number of thiophene rings is 1. The van der Waals surface area contributed by atoms with Gasteiger partial charge in [0.15, 0.2) is 0 Å². The highest BCUT2D eigenvalue weighted by Crippen LogP contribution is 2.17. The fraction of sp³-hybridized carbons (Fsp3) is 0.500. The molecule has 1 aromatic rings. The van der Waals surface area contributed by atoms with Gasteiger partial charge in [-0.3, -0.25) is 4.79 Å². The first-order valence-corrected chi connectivity index (χ1v) is 7.32. The Morgan fingerprint density at radius 1 is 1.67 bits per heavy atom. The van der Waals surface area contributed by atoms with Gasteiger partial charge in [0.25, 0.3) is 0 Å². The molecule has 1 N–H and O–H groups in total. The second-order valence-electron chi connectivity index (χ2n) is 4.70. The maximum Gasteiger partial charge on any atom is 0.246 e. The highest BCUT2D eigenvalue weighted by atomic mass is 32.1. The normalized spacial score (nSPS) is 20.5. The average molecular weight is 264 g/mol. The van der Waals surface area contributed by atoms with Crippen molar-refractivity contribution in [1.82, 2.24) is 10.2 Å². The van der Waals surface area contributed by atoms with Crippen molar-refractivity contribution in [3.63, 3.8) is 0 Å². The number of hydrogen-bond acceptors (Lipinski definition) is 3. The van der Waals surface area contributed by atoms with Crippen molar-refractivity contribution < 1.29 is 4.79 Å². The number of hydrogen-bond donors (Lipinski definition) is 1. The predicted molar refractivity (Wildman–Crippen MR) is 76.6 cm³/mol. The number of nitrogens with one attached hydrogen (secondary N) is 1. The van der Waals surface area contributed by atoms with E-state index in [0.717, 1.165) is 30.9 Å². The summed E-state index contributed by atoms with van der Waals surface area (Å²) >= 11 is 1.65. The summed E-state index contributed by atoms with van der Waals surface area (Å²) in [7, 11) is 1.97. The van der Waals surface area contributed by atoms with Crippen LogP contribution in [0.2, 0.25) is 0 Å². The molecule has 1 unspecified atom stereocenters. The van der Waals surface area contributed by atoms with E-state index in [0.29, 0.717) is 5.92 Å². The van der Waals surface area contributed by atoms with Crippen LogP contribution in [0.1, 0.15) is 17.7 Å². The van der Waals surface area contributed by atoms with Crippen molar-refractivity contribution in [1.29, 1.82) is 0 Å². The van der Waals surface area contributed by atoms with Gasteiger partial charge in [-0.1, -0.05) is 6.07 Å². The highest BCUT2D eigenvalue weighted by Gasteiger charge is 2.21. The number of carbonyl (C=O) groups is 1. The second-order valence-corrected chi connectivity index (χ2v) is 5.68. The Kier molecular flexibility index (Phi) is 4.96. The van der Waals surface area contributed by atoms with Crippen LogP contribution in [-0.4, -0.2) is 37.5 Å². The maximum atomic E-state index is 12.1. The fourth-order valence-electron chi connectivity index (χ4n) is 2.37. The van der Waals surface area contributed by atoms with Crippen LogP contribution >= 0.6 is 11.3 Å². The zero-order valence-electron chi connectivity index (χ0n) is 10.8. The van der Waals surface area contributed by atoms with Gasteiger partial charge in [0.1, 0.15) is 0 Å². The molecule has 0 bridgehead atoms. The minimum absolute atomic E-state index is 0.143. The molecule has 0 radical (unpaired) electrons. The van der Waals surface area contributed by atoms with Crippen molar-refractivity contribution in [2.45, 2.75) is 12.8 Å². The third kappa shape index (κ3) is 3.68. The van der Waals surface area contributed by atoms with E-state index in [9.17, 15) is 4.79 Å². The molecule has 1 fully saturated rings. The molecule has 4 heteroatoms. The van der Waals surface area contributed by atoms with Gasteiger partial charge >= 0.3 is 0 Å². The number of piperidine rings is 1. The summed E-state index contributed by atoms with van der Waals surface area (Å²) < 4.78 is 0. The van der Waals surface area contributed by atoms with Gasteiger partial charge in [0.2, 0.25) is 5.91 Å². The molecule has 3 nitrogen and oxygen atoms in total. The molecular weight excluding hydrogens is 244 g/mol. The van der Waals surface area contributed by atoms with Crippen LogP contribution < -0.4 is 5.32 Å². The lowest BCUT2D eigenvalue weighted by Crippen LogP contribution is -2.41.